The van der Waals surface area contributed by atoms with Crippen molar-refractivity contribution in [1.29, 1.82) is 0 Å². The molecular formula is C38H24N6S2. The van der Waals surface area contributed by atoms with E-state index in [4.69, 9.17) is 23.7 Å². The molecule has 0 bridgehead atoms. The van der Waals surface area contributed by atoms with Crippen molar-refractivity contribution >= 4 is 81.6 Å². The number of hydrogen-bond donors (Lipinski definition) is 0. The van der Waals surface area contributed by atoms with Crippen molar-refractivity contribution in [1.82, 2.24) is 28.3 Å². The lowest BCUT2D eigenvalue weighted by atomic mass is 10.1. The van der Waals surface area contributed by atoms with Gasteiger partial charge < -0.3 is 4.57 Å². The Morgan fingerprint density at radius 2 is 1.41 bits per heavy atom. The van der Waals surface area contributed by atoms with Crippen molar-refractivity contribution in [2.45, 2.75) is 6.92 Å². The van der Waals surface area contributed by atoms with E-state index >= 15 is 0 Å². The van der Waals surface area contributed by atoms with Crippen molar-refractivity contribution in [2.24, 2.45) is 0 Å². The molecule has 0 aliphatic carbocycles. The van der Waals surface area contributed by atoms with Gasteiger partial charge in [0.05, 0.1) is 27.5 Å². The number of hydrogen-bond acceptors (Lipinski definition) is 7. The first-order chi connectivity index (χ1) is 22.7. The average Bonchev–Trinajstić information content (AvgIpc) is 3.83. The number of aromatic nitrogens is 6. The summed E-state index contributed by atoms with van der Waals surface area (Å²) in [7, 11) is 0. The van der Waals surface area contributed by atoms with Gasteiger partial charge >= 0.3 is 0 Å². The highest BCUT2D eigenvalue weighted by molar-refractivity contribution is 7.27. The zero-order chi connectivity index (χ0) is 30.8. The quantitative estimate of drug-likeness (QED) is 0.177. The minimum Gasteiger partial charge on any atom is -0.308 e. The summed E-state index contributed by atoms with van der Waals surface area (Å²) in [4.78, 5) is 14.7. The van der Waals surface area contributed by atoms with Crippen LogP contribution in [0.3, 0.4) is 0 Å². The first kappa shape index (κ1) is 26.8. The van der Waals surface area contributed by atoms with E-state index in [0.29, 0.717) is 17.5 Å². The minimum absolute atomic E-state index is 0.592. The molecule has 0 N–H and O–H groups in total. The lowest BCUT2D eigenvalue weighted by molar-refractivity contribution is 1.04. The van der Waals surface area contributed by atoms with Crippen LogP contribution in [0.25, 0.3) is 87.0 Å². The summed E-state index contributed by atoms with van der Waals surface area (Å²) in [5.41, 5.74) is 7.86. The van der Waals surface area contributed by atoms with Gasteiger partial charge in [0, 0.05) is 48.6 Å². The number of rotatable bonds is 5. The average molecular weight is 629 g/mol. The van der Waals surface area contributed by atoms with Gasteiger partial charge in [-0.25, -0.2) is 15.0 Å². The zero-order valence-corrected chi connectivity index (χ0v) is 26.3. The molecule has 0 spiro atoms. The molecule has 0 saturated carbocycles. The van der Waals surface area contributed by atoms with Gasteiger partial charge in [-0.2, -0.15) is 8.75 Å². The maximum absolute atomic E-state index is 4.98. The van der Waals surface area contributed by atoms with Gasteiger partial charge in [-0.1, -0.05) is 97.6 Å². The van der Waals surface area contributed by atoms with E-state index in [1.165, 1.54) is 26.5 Å². The summed E-state index contributed by atoms with van der Waals surface area (Å²) in [6, 6.07) is 35.6. The molecule has 218 valence electrons. The topological polar surface area (TPSA) is 69.4 Å². The van der Waals surface area contributed by atoms with Crippen LogP contribution in [-0.2, 0) is 0 Å². The number of para-hydroxylation sites is 1. The van der Waals surface area contributed by atoms with E-state index in [0.717, 1.165) is 60.6 Å². The molecule has 0 aliphatic heterocycles. The van der Waals surface area contributed by atoms with Crippen LogP contribution in [0, 0.1) is 0 Å². The van der Waals surface area contributed by atoms with Crippen molar-refractivity contribution in [3.8, 4) is 28.5 Å². The summed E-state index contributed by atoms with van der Waals surface area (Å²) in [5.74, 6) is 1.81. The minimum atomic E-state index is 0.592. The van der Waals surface area contributed by atoms with Crippen LogP contribution in [-0.4, -0.2) is 28.3 Å². The Bertz CT molecular complexity index is 2680. The van der Waals surface area contributed by atoms with E-state index in [9.17, 15) is 0 Å². The number of allylic oxidation sites excluding steroid dienone is 3. The van der Waals surface area contributed by atoms with Gasteiger partial charge in [0.15, 0.2) is 17.5 Å². The predicted octanol–water partition coefficient (Wildman–Crippen LogP) is 10.3. The summed E-state index contributed by atoms with van der Waals surface area (Å²) in [6.07, 6.45) is 3.76. The van der Waals surface area contributed by atoms with E-state index in [1.54, 1.807) is 6.08 Å². The molecule has 0 aliphatic rings. The molecule has 6 nitrogen and oxygen atoms in total. The molecule has 0 atom stereocenters. The molecule has 9 aromatic rings. The molecule has 4 aromatic heterocycles. The Morgan fingerprint density at radius 1 is 0.717 bits per heavy atom. The first-order valence-corrected chi connectivity index (χ1v) is 16.5. The third-order valence-electron chi connectivity index (χ3n) is 8.47. The highest BCUT2D eigenvalue weighted by atomic mass is 32.1. The molecule has 0 saturated heterocycles. The highest BCUT2D eigenvalue weighted by Gasteiger charge is 2.24. The van der Waals surface area contributed by atoms with E-state index in [-0.39, 0.29) is 0 Å². The largest absolute Gasteiger partial charge is 0.308 e. The fourth-order valence-electron chi connectivity index (χ4n) is 6.40. The maximum atomic E-state index is 4.98. The molecule has 0 amide bonds. The molecule has 4 heterocycles. The molecule has 8 heteroatoms. The fourth-order valence-corrected chi connectivity index (χ4v) is 8.20. The van der Waals surface area contributed by atoms with Crippen molar-refractivity contribution in [2.75, 3.05) is 0 Å². The van der Waals surface area contributed by atoms with Crippen LogP contribution in [0.5, 0.6) is 0 Å². The standard InChI is InChI=1S/C38H24N6S2/c1-3-22(4-2)36-39-37(23-13-6-5-7-14-23)41-38(40-36)24-15-12-16-25(21-24)44-28-19-10-8-17-26(28)30-32-33(43-46-42-32)31-27-18-9-11-20-29(27)45-35(31)34(30)44/h3-21H,1H2,2H3/b22-4+. The van der Waals surface area contributed by atoms with Crippen LogP contribution >= 0.6 is 23.1 Å². The fraction of sp³-hybridized carbons (Fsp3) is 0.0263. The number of nitrogens with zero attached hydrogens (tertiary/aromatic N) is 6. The maximum Gasteiger partial charge on any atom is 0.164 e. The summed E-state index contributed by atoms with van der Waals surface area (Å²) in [5, 5.41) is 4.65. The van der Waals surface area contributed by atoms with Crippen molar-refractivity contribution in [3.63, 3.8) is 0 Å². The van der Waals surface area contributed by atoms with Gasteiger partial charge in [-0.05, 0) is 31.2 Å². The summed E-state index contributed by atoms with van der Waals surface area (Å²) >= 11 is 3.09. The Kier molecular flexibility index (Phi) is 6.12. The number of thiophene rings is 1. The Morgan fingerprint density at radius 3 is 2.22 bits per heavy atom. The first-order valence-electron chi connectivity index (χ1n) is 14.9. The lowest BCUT2D eigenvalue weighted by Gasteiger charge is -2.12. The molecule has 0 fully saturated rings. The van der Waals surface area contributed by atoms with E-state index < -0.39 is 0 Å². The third-order valence-corrected chi connectivity index (χ3v) is 10.2. The molecular weight excluding hydrogens is 605 g/mol. The van der Waals surface area contributed by atoms with Crippen LogP contribution < -0.4 is 0 Å². The summed E-state index contributed by atoms with van der Waals surface area (Å²) in [6.45, 7) is 5.96. The molecule has 46 heavy (non-hydrogen) atoms. The smallest absolute Gasteiger partial charge is 0.164 e. The van der Waals surface area contributed by atoms with Gasteiger partial charge in [0.1, 0.15) is 11.0 Å². The monoisotopic (exact) mass is 628 g/mol. The molecule has 0 unspecified atom stereocenters. The molecule has 5 aromatic carbocycles. The van der Waals surface area contributed by atoms with Crippen LogP contribution in [0.1, 0.15) is 12.7 Å². The Balaban J connectivity index is 1.35. The SMILES string of the molecule is C=C/C(=C\C)c1nc(-c2ccccc2)nc(-c2cccc(-n3c4ccccc4c4c5nsnc5c5c6ccccc6sc5c43)c2)n1. The van der Waals surface area contributed by atoms with Gasteiger partial charge in [-0.15, -0.1) is 11.3 Å². The van der Waals surface area contributed by atoms with Crippen LogP contribution in [0.2, 0.25) is 0 Å². The van der Waals surface area contributed by atoms with E-state index in [2.05, 4.69) is 83.9 Å². The lowest BCUT2D eigenvalue weighted by Crippen LogP contribution is -2.03. The normalized spacial score (nSPS) is 12.2. The summed E-state index contributed by atoms with van der Waals surface area (Å²) < 4.78 is 14.5. The van der Waals surface area contributed by atoms with Crippen LogP contribution in [0.4, 0.5) is 0 Å². The Labute approximate surface area is 272 Å². The van der Waals surface area contributed by atoms with Crippen LogP contribution in [0.15, 0.2) is 122 Å². The van der Waals surface area contributed by atoms with Gasteiger partial charge in [0.2, 0.25) is 0 Å². The van der Waals surface area contributed by atoms with Crippen molar-refractivity contribution < 1.29 is 0 Å². The second kappa shape index (κ2) is 10.5. The van der Waals surface area contributed by atoms with Gasteiger partial charge in [0.25, 0.3) is 0 Å². The predicted molar refractivity (Wildman–Crippen MR) is 193 cm³/mol. The zero-order valence-electron chi connectivity index (χ0n) is 24.7. The van der Waals surface area contributed by atoms with E-state index in [1.807, 2.05) is 54.7 Å². The third kappa shape index (κ3) is 3.97. The second-order valence-corrected chi connectivity index (χ2v) is 12.6. The molecule has 9 rings (SSSR count). The van der Waals surface area contributed by atoms with Crippen molar-refractivity contribution in [3.05, 3.63) is 128 Å². The Hall–Kier alpha value is -5.57. The number of benzene rings is 5. The van der Waals surface area contributed by atoms with Gasteiger partial charge in [-0.3, -0.25) is 0 Å². The second-order valence-electron chi connectivity index (χ2n) is 11.0. The highest BCUT2D eigenvalue weighted by Crippen LogP contribution is 2.47. The molecule has 0 radical (unpaired) electrons. The number of fused-ring (bicyclic) bond motifs is 10.